The number of hydrogen-bond donors (Lipinski definition) is 2. The quantitative estimate of drug-likeness (QED) is 0.853. The van der Waals surface area contributed by atoms with E-state index in [1.54, 1.807) is 12.1 Å². The Morgan fingerprint density at radius 3 is 2.90 bits per heavy atom. The second-order valence-corrected chi connectivity index (χ2v) is 6.55. The van der Waals surface area contributed by atoms with E-state index in [0.717, 1.165) is 10.9 Å². The zero-order valence-electron chi connectivity index (χ0n) is 12.3. The fourth-order valence-electron chi connectivity index (χ4n) is 2.73. The minimum Gasteiger partial charge on any atom is -0.483 e. The average Bonchev–Trinajstić information content (AvgIpc) is 2.48. The Bertz CT molecular complexity index is 492. The molecule has 5 heteroatoms. The fourth-order valence-corrected chi connectivity index (χ4v) is 3.14. The van der Waals surface area contributed by atoms with Crippen molar-refractivity contribution < 1.29 is 14.6 Å². The molecule has 0 radical (unpaired) electrons. The van der Waals surface area contributed by atoms with Crippen LogP contribution in [0.2, 0.25) is 0 Å². The number of benzene rings is 1. The Morgan fingerprint density at radius 2 is 2.19 bits per heavy atom. The van der Waals surface area contributed by atoms with Gasteiger partial charge >= 0.3 is 0 Å². The summed E-state index contributed by atoms with van der Waals surface area (Å²) in [5.74, 6) is 0.983. The van der Waals surface area contributed by atoms with Gasteiger partial charge < -0.3 is 15.2 Å². The van der Waals surface area contributed by atoms with Gasteiger partial charge in [-0.2, -0.15) is 0 Å². The summed E-state index contributed by atoms with van der Waals surface area (Å²) in [5, 5.41) is 12.4. The molecule has 1 aromatic rings. The zero-order valence-corrected chi connectivity index (χ0v) is 13.9. The fraction of sp³-hybridized carbons (Fsp3) is 0.562. The molecule has 0 heterocycles. The molecule has 1 fully saturated rings. The summed E-state index contributed by atoms with van der Waals surface area (Å²) in [7, 11) is 0. The third-order valence-electron chi connectivity index (χ3n) is 4.01. The first-order valence-corrected chi connectivity index (χ1v) is 8.21. The highest BCUT2D eigenvalue weighted by molar-refractivity contribution is 9.10. The summed E-state index contributed by atoms with van der Waals surface area (Å²) in [6.07, 6.45) is 4.65. The van der Waals surface area contributed by atoms with Gasteiger partial charge in [0.15, 0.2) is 6.61 Å². The van der Waals surface area contributed by atoms with E-state index in [1.165, 1.54) is 19.3 Å². The molecule has 0 aromatic heterocycles. The van der Waals surface area contributed by atoms with E-state index < -0.39 is 0 Å². The van der Waals surface area contributed by atoms with Crippen LogP contribution >= 0.6 is 15.9 Å². The maximum absolute atomic E-state index is 12.0. The van der Waals surface area contributed by atoms with Crippen molar-refractivity contribution in [2.75, 3.05) is 6.61 Å². The van der Waals surface area contributed by atoms with Crippen molar-refractivity contribution >= 4 is 21.8 Å². The van der Waals surface area contributed by atoms with Crippen molar-refractivity contribution in [3.8, 4) is 5.75 Å². The van der Waals surface area contributed by atoms with Crippen LogP contribution < -0.4 is 10.1 Å². The number of ether oxygens (including phenoxy) is 1. The number of aliphatic hydroxyl groups is 1. The summed E-state index contributed by atoms with van der Waals surface area (Å²) in [6.45, 7) is 2.05. The van der Waals surface area contributed by atoms with Crippen molar-refractivity contribution in [3.63, 3.8) is 0 Å². The van der Waals surface area contributed by atoms with Crippen LogP contribution in [0.5, 0.6) is 5.75 Å². The number of halogens is 1. The predicted molar refractivity (Wildman–Crippen MR) is 85.1 cm³/mol. The molecule has 1 aromatic carbocycles. The third-order valence-corrected chi connectivity index (χ3v) is 4.50. The number of carbonyl (C=O) groups is 1. The first kappa shape index (κ1) is 16.3. The third kappa shape index (κ3) is 4.71. The van der Waals surface area contributed by atoms with Gasteiger partial charge in [-0.15, -0.1) is 0 Å². The number of carbonyl (C=O) groups excluding carboxylic acids is 1. The summed E-state index contributed by atoms with van der Waals surface area (Å²) in [6, 6.07) is 5.63. The van der Waals surface area contributed by atoms with Gasteiger partial charge in [0.2, 0.25) is 0 Å². The summed E-state index contributed by atoms with van der Waals surface area (Å²) >= 11 is 3.34. The van der Waals surface area contributed by atoms with Crippen molar-refractivity contribution in [3.05, 3.63) is 28.2 Å². The van der Waals surface area contributed by atoms with Gasteiger partial charge in [-0.1, -0.05) is 35.7 Å². The largest absolute Gasteiger partial charge is 0.483 e. The lowest BCUT2D eigenvalue weighted by molar-refractivity contribution is -0.124. The predicted octanol–water partition coefficient (Wildman–Crippen LogP) is 3.02. The molecule has 116 valence electrons. The van der Waals surface area contributed by atoms with E-state index in [-0.39, 0.29) is 25.2 Å². The van der Waals surface area contributed by atoms with Gasteiger partial charge in [0.25, 0.3) is 5.91 Å². The molecular weight excluding hydrogens is 334 g/mol. The van der Waals surface area contributed by atoms with E-state index in [2.05, 4.69) is 28.2 Å². The number of nitrogens with one attached hydrogen (secondary N) is 1. The van der Waals surface area contributed by atoms with Crippen molar-refractivity contribution in [1.29, 1.82) is 0 Å². The van der Waals surface area contributed by atoms with Crippen LogP contribution in [-0.4, -0.2) is 23.7 Å². The van der Waals surface area contributed by atoms with Gasteiger partial charge in [0, 0.05) is 16.1 Å². The molecule has 0 unspecified atom stereocenters. The topological polar surface area (TPSA) is 58.6 Å². The molecule has 0 saturated heterocycles. The molecule has 0 aliphatic heterocycles. The minimum absolute atomic E-state index is 0.0160. The van der Waals surface area contributed by atoms with Crippen LogP contribution in [0.15, 0.2) is 22.7 Å². The van der Waals surface area contributed by atoms with Crippen LogP contribution in [0.25, 0.3) is 0 Å². The molecule has 1 aliphatic carbocycles. The molecule has 1 aliphatic rings. The van der Waals surface area contributed by atoms with E-state index in [4.69, 9.17) is 4.74 Å². The van der Waals surface area contributed by atoms with E-state index in [9.17, 15) is 9.90 Å². The number of amides is 1. The monoisotopic (exact) mass is 355 g/mol. The van der Waals surface area contributed by atoms with Crippen molar-refractivity contribution in [1.82, 2.24) is 5.32 Å². The maximum atomic E-state index is 12.0. The highest BCUT2D eigenvalue weighted by Crippen LogP contribution is 2.24. The zero-order chi connectivity index (χ0) is 15.2. The summed E-state index contributed by atoms with van der Waals surface area (Å²) in [5.41, 5.74) is 0.670. The van der Waals surface area contributed by atoms with Crippen LogP contribution in [0, 0.1) is 5.92 Å². The molecule has 2 atom stereocenters. The Balaban J connectivity index is 1.86. The van der Waals surface area contributed by atoms with Gasteiger partial charge in [-0.25, -0.2) is 0 Å². The van der Waals surface area contributed by atoms with Gasteiger partial charge in [-0.05, 0) is 37.0 Å². The molecule has 0 bridgehead atoms. The Kier molecular flexibility index (Phi) is 6.06. The molecule has 1 amide bonds. The van der Waals surface area contributed by atoms with Crippen LogP contribution in [0.3, 0.4) is 0 Å². The summed E-state index contributed by atoms with van der Waals surface area (Å²) in [4.78, 5) is 12.0. The molecule has 4 nitrogen and oxygen atoms in total. The first-order valence-electron chi connectivity index (χ1n) is 7.41. The van der Waals surface area contributed by atoms with Gasteiger partial charge in [0.1, 0.15) is 5.75 Å². The lowest BCUT2D eigenvalue weighted by Gasteiger charge is -2.29. The second-order valence-electron chi connectivity index (χ2n) is 5.63. The number of hydrogen-bond acceptors (Lipinski definition) is 3. The molecule has 1 saturated carbocycles. The molecule has 2 rings (SSSR count). The smallest absolute Gasteiger partial charge is 0.258 e. The van der Waals surface area contributed by atoms with E-state index >= 15 is 0 Å². The SMILES string of the molecule is C[C@H]1CCCC[C@H]1NC(=O)COc1ccc(Br)cc1CO. The Hall–Kier alpha value is -1.07. The first-order chi connectivity index (χ1) is 10.1. The molecule has 0 spiro atoms. The van der Waals surface area contributed by atoms with Crippen molar-refractivity contribution in [2.24, 2.45) is 5.92 Å². The maximum Gasteiger partial charge on any atom is 0.258 e. The lowest BCUT2D eigenvalue weighted by atomic mass is 9.86. The lowest BCUT2D eigenvalue weighted by Crippen LogP contribution is -2.43. The number of aliphatic hydroxyl groups excluding tert-OH is 1. The highest BCUT2D eigenvalue weighted by atomic mass is 79.9. The van der Waals surface area contributed by atoms with Gasteiger partial charge in [0.05, 0.1) is 6.61 Å². The van der Waals surface area contributed by atoms with Crippen LogP contribution in [0.4, 0.5) is 0 Å². The average molecular weight is 356 g/mol. The second kappa shape index (κ2) is 7.80. The van der Waals surface area contributed by atoms with Gasteiger partial charge in [-0.3, -0.25) is 4.79 Å². The van der Waals surface area contributed by atoms with Crippen LogP contribution in [-0.2, 0) is 11.4 Å². The minimum atomic E-state index is -0.115. The van der Waals surface area contributed by atoms with E-state index in [0.29, 0.717) is 17.2 Å². The summed E-state index contributed by atoms with van der Waals surface area (Å²) < 4.78 is 6.40. The van der Waals surface area contributed by atoms with Crippen LogP contribution in [0.1, 0.15) is 38.2 Å². The molecule has 21 heavy (non-hydrogen) atoms. The van der Waals surface area contributed by atoms with Crippen molar-refractivity contribution in [2.45, 2.75) is 45.3 Å². The Labute approximate surface area is 134 Å². The Morgan fingerprint density at radius 1 is 1.43 bits per heavy atom. The standard InChI is InChI=1S/C16H22BrNO3/c1-11-4-2-3-5-14(11)18-16(20)10-21-15-7-6-13(17)8-12(15)9-19/h6-8,11,14,19H,2-5,9-10H2,1H3,(H,18,20)/t11-,14+/m0/s1. The highest BCUT2D eigenvalue weighted by Gasteiger charge is 2.22. The normalized spacial score (nSPS) is 21.9. The number of rotatable bonds is 5. The molecule has 2 N–H and O–H groups in total. The van der Waals surface area contributed by atoms with E-state index in [1.807, 2.05) is 6.07 Å². The molecular formula is C16H22BrNO3.